The Hall–Kier alpha value is -3.59. The Morgan fingerprint density at radius 1 is 0.348 bits per heavy atom. The summed E-state index contributed by atoms with van der Waals surface area (Å²) in [6, 6.07) is 0. The van der Waals surface area contributed by atoms with E-state index in [-0.39, 0.29) is 32.0 Å². The van der Waals surface area contributed by atoms with Gasteiger partial charge in [0, 0.05) is 12.8 Å². The maximum atomic E-state index is 12.9. The highest BCUT2D eigenvalue weighted by molar-refractivity contribution is 7.45. The molecule has 9 nitrogen and oxygen atoms in total. The number of rotatable bonds is 70. The van der Waals surface area contributed by atoms with Crippen LogP contribution in [-0.4, -0.2) is 70.0 Å². The topological polar surface area (TPSA) is 111 Å². The van der Waals surface area contributed by atoms with Gasteiger partial charge >= 0.3 is 11.9 Å². The van der Waals surface area contributed by atoms with E-state index in [1.807, 2.05) is 21.1 Å². The summed E-state index contributed by atoms with van der Waals surface area (Å²) >= 11 is 0. The molecule has 2 atom stereocenters. The number of phosphoric ester groups is 1. The average molecular weight is 1300 g/mol. The third kappa shape index (κ3) is 75.4. The van der Waals surface area contributed by atoms with Crippen LogP contribution in [0.5, 0.6) is 0 Å². The Morgan fingerprint density at radius 2 is 0.620 bits per heavy atom. The molecule has 0 aromatic rings. The van der Waals surface area contributed by atoms with E-state index in [4.69, 9.17) is 18.5 Å². The SMILES string of the molecule is CC/C=C\C/C=C\C/C=C\C/C=C\C/C=C\C/C=C\C/C=C\C/C=C\CCCCCCCCCCCCCCCCC(=O)OC(COC(=O)CCCCCCCCCCCCCCCCCCC/C=C\C/C=C\CCCCCCC)COP(=O)([O-])OCC[N+](C)(C)C. The summed E-state index contributed by atoms with van der Waals surface area (Å²) in [6.45, 7) is 4.15. The molecule has 0 saturated heterocycles. The van der Waals surface area contributed by atoms with Crippen molar-refractivity contribution in [1.29, 1.82) is 0 Å². The van der Waals surface area contributed by atoms with Gasteiger partial charge in [0.25, 0.3) is 7.82 Å². The van der Waals surface area contributed by atoms with Gasteiger partial charge in [-0.25, -0.2) is 0 Å². The van der Waals surface area contributed by atoms with Crippen LogP contribution in [0, 0.1) is 0 Å². The van der Waals surface area contributed by atoms with E-state index in [2.05, 4.69) is 135 Å². The van der Waals surface area contributed by atoms with Crippen LogP contribution in [0.15, 0.2) is 122 Å². The first-order valence-electron chi connectivity index (χ1n) is 38.2. The Labute approximate surface area is 568 Å². The van der Waals surface area contributed by atoms with E-state index >= 15 is 0 Å². The summed E-state index contributed by atoms with van der Waals surface area (Å²) in [6.07, 6.45) is 103. The molecule has 2 unspecified atom stereocenters. The monoisotopic (exact) mass is 1300 g/mol. The number of allylic oxidation sites excluding steroid dienone is 20. The lowest BCUT2D eigenvalue weighted by molar-refractivity contribution is -0.870. The van der Waals surface area contributed by atoms with Crippen molar-refractivity contribution in [3.63, 3.8) is 0 Å². The first-order chi connectivity index (χ1) is 45.0. The minimum absolute atomic E-state index is 0.0336. The molecule has 10 heteroatoms. The fraction of sp³-hybridized carbons (Fsp3) is 0.732. The smallest absolute Gasteiger partial charge is 0.306 e. The highest BCUT2D eigenvalue weighted by atomic mass is 31.2. The quantitative estimate of drug-likeness (QED) is 0.0195. The number of unbranched alkanes of at least 4 members (excludes halogenated alkanes) is 36. The second kappa shape index (κ2) is 71.7. The number of carbonyl (C=O) groups is 2. The van der Waals surface area contributed by atoms with Crippen molar-refractivity contribution < 1.29 is 42.1 Å². The number of quaternary nitrogens is 1. The van der Waals surface area contributed by atoms with Crippen molar-refractivity contribution in [2.75, 3.05) is 47.5 Å². The number of carbonyl (C=O) groups excluding carboxylic acids is 2. The molecule has 0 aromatic heterocycles. The largest absolute Gasteiger partial charge is 0.756 e. The zero-order chi connectivity index (χ0) is 66.9. The van der Waals surface area contributed by atoms with Gasteiger partial charge in [0.2, 0.25) is 0 Å². The van der Waals surface area contributed by atoms with Crippen LogP contribution in [0.2, 0.25) is 0 Å². The van der Waals surface area contributed by atoms with Crippen molar-refractivity contribution in [2.24, 2.45) is 0 Å². The zero-order valence-electron chi connectivity index (χ0n) is 60.5. The maximum Gasteiger partial charge on any atom is 0.306 e. The van der Waals surface area contributed by atoms with Crippen LogP contribution in [0.3, 0.4) is 0 Å². The van der Waals surface area contributed by atoms with E-state index in [0.29, 0.717) is 17.4 Å². The van der Waals surface area contributed by atoms with Crippen LogP contribution in [-0.2, 0) is 32.7 Å². The standard InChI is InChI=1S/C82H144NO8P/c1-6-8-10-12-14-16-18-20-22-24-26-28-30-32-34-36-37-38-39-40-41-42-43-44-45-47-49-51-53-55-57-59-61-63-65-67-69-71-73-75-82(85)91-80(79-90-92(86,87)89-77-76-83(3,4)5)78-88-81(84)74-72-70-68-66-64-62-60-58-56-54-52-50-48-46-35-33-31-29-27-25-23-21-19-17-15-13-11-9-7-2/h8,10,14,16,19-22,25-28,32,34,37-38,40-41,43-44,80H,6-7,9,11-13,15,17-18,23-24,29-31,33,35-36,39,42,45-79H2,1-5H3/b10-8-,16-14-,21-19-,22-20-,27-25-,28-26-,34-32-,38-37-,41-40-,44-43-. The van der Waals surface area contributed by atoms with Crippen LogP contribution < -0.4 is 4.89 Å². The molecule has 0 saturated carbocycles. The minimum atomic E-state index is -4.65. The van der Waals surface area contributed by atoms with Gasteiger partial charge in [-0.05, 0) is 109 Å². The van der Waals surface area contributed by atoms with Crippen molar-refractivity contribution in [3.05, 3.63) is 122 Å². The molecular weight excluding hydrogens is 1160 g/mol. The van der Waals surface area contributed by atoms with Gasteiger partial charge in [0.1, 0.15) is 19.8 Å². The van der Waals surface area contributed by atoms with Gasteiger partial charge < -0.3 is 27.9 Å². The number of hydrogen-bond donors (Lipinski definition) is 0. The highest BCUT2D eigenvalue weighted by Gasteiger charge is 2.22. The third-order valence-corrected chi connectivity index (χ3v) is 17.4. The predicted octanol–water partition coefficient (Wildman–Crippen LogP) is 24.8. The van der Waals surface area contributed by atoms with E-state index in [1.54, 1.807) is 0 Å². The summed E-state index contributed by atoms with van der Waals surface area (Å²) in [4.78, 5) is 38.1. The molecule has 0 aliphatic carbocycles. The molecule has 0 heterocycles. The summed E-state index contributed by atoms with van der Waals surface area (Å²) in [7, 11) is 1.17. The Kier molecular flexibility index (Phi) is 68.9. The van der Waals surface area contributed by atoms with Crippen LogP contribution >= 0.6 is 7.82 Å². The Bertz CT molecular complexity index is 1970. The van der Waals surface area contributed by atoms with E-state index in [0.717, 1.165) is 96.3 Å². The van der Waals surface area contributed by atoms with E-state index in [1.165, 1.54) is 205 Å². The molecule has 0 rings (SSSR count). The normalized spacial score (nSPS) is 13.8. The number of nitrogens with zero attached hydrogens (tertiary/aromatic N) is 1. The third-order valence-electron chi connectivity index (χ3n) is 16.5. The molecule has 0 aromatic carbocycles. The van der Waals surface area contributed by atoms with Crippen molar-refractivity contribution >= 4 is 19.8 Å². The molecule has 92 heavy (non-hydrogen) atoms. The lowest BCUT2D eigenvalue weighted by Crippen LogP contribution is -2.37. The van der Waals surface area contributed by atoms with Crippen LogP contribution in [0.1, 0.15) is 335 Å². The number of esters is 2. The molecule has 0 amide bonds. The Balaban J connectivity index is 4.01. The van der Waals surface area contributed by atoms with Gasteiger partial charge in [-0.3, -0.25) is 14.2 Å². The summed E-state index contributed by atoms with van der Waals surface area (Å²) in [5.74, 6) is -0.825. The maximum absolute atomic E-state index is 12.9. The van der Waals surface area contributed by atoms with Crippen molar-refractivity contribution in [2.45, 2.75) is 341 Å². The lowest BCUT2D eigenvalue weighted by Gasteiger charge is -2.28. The van der Waals surface area contributed by atoms with Crippen LogP contribution in [0.4, 0.5) is 0 Å². The molecule has 0 radical (unpaired) electrons. The summed E-state index contributed by atoms with van der Waals surface area (Å²) in [5.41, 5.74) is 0. The Morgan fingerprint density at radius 3 is 0.924 bits per heavy atom. The molecule has 0 fully saturated rings. The van der Waals surface area contributed by atoms with Gasteiger partial charge in [0.05, 0.1) is 27.7 Å². The number of phosphoric acid groups is 1. The van der Waals surface area contributed by atoms with Crippen LogP contribution in [0.25, 0.3) is 0 Å². The van der Waals surface area contributed by atoms with E-state index in [9.17, 15) is 19.0 Å². The average Bonchev–Trinajstić information content (AvgIpc) is 2.14. The first kappa shape index (κ1) is 88.4. The number of ether oxygens (including phenoxy) is 2. The molecule has 0 aliphatic rings. The molecular formula is C82H144NO8P. The first-order valence-corrected chi connectivity index (χ1v) is 39.7. The molecule has 0 N–H and O–H groups in total. The molecule has 0 spiro atoms. The van der Waals surface area contributed by atoms with E-state index < -0.39 is 26.5 Å². The second-order valence-corrected chi connectivity index (χ2v) is 28.0. The lowest BCUT2D eigenvalue weighted by atomic mass is 10.0. The molecule has 0 aliphatic heterocycles. The van der Waals surface area contributed by atoms with Gasteiger partial charge in [-0.1, -0.05) is 334 Å². The minimum Gasteiger partial charge on any atom is -0.756 e. The van der Waals surface area contributed by atoms with Gasteiger partial charge in [-0.15, -0.1) is 0 Å². The number of hydrogen-bond acceptors (Lipinski definition) is 8. The van der Waals surface area contributed by atoms with Gasteiger partial charge in [-0.2, -0.15) is 0 Å². The summed E-state index contributed by atoms with van der Waals surface area (Å²) in [5, 5.41) is 0. The second-order valence-electron chi connectivity index (χ2n) is 26.6. The van der Waals surface area contributed by atoms with Gasteiger partial charge in [0.15, 0.2) is 6.10 Å². The zero-order valence-corrected chi connectivity index (χ0v) is 61.4. The summed E-state index contributed by atoms with van der Waals surface area (Å²) < 4.78 is 34.4. The molecule has 530 valence electrons. The number of likely N-dealkylation sites (N-methyl/N-ethyl adjacent to an activating group) is 1. The van der Waals surface area contributed by atoms with Crippen molar-refractivity contribution in [1.82, 2.24) is 0 Å². The molecule has 0 bridgehead atoms. The highest BCUT2D eigenvalue weighted by Crippen LogP contribution is 2.38. The fourth-order valence-electron chi connectivity index (χ4n) is 10.6. The predicted molar refractivity (Wildman–Crippen MR) is 397 cm³/mol. The fourth-order valence-corrected chi connectivity index (χ4v) is 11.4. The van der Waals surface area contributed by atoms with Crippen molar-refractivity contribution in [3.8, 4) is 0 Å².